The Balaban J connectivity index is 1.91. The van der Waals surface area contributed by atoms with Crippen LogP contribution >= 0.6 is 0 Å². The molecule has 2 rings (SSSR count). The molecule has 2 N–H and O–H groups in total. The summed E-state index contributed by atoms with van der Waals surface area (Å²) in [5.74, 6) is 0.840. The fourth-order valence-electron chi connectivity index (χ4n) is 3.08. The molecule has 19 heavy (non-hydrogen) atoms. The molecule has 106 valence electrons. The largest absolute Gasteiger partial charge is 0.315 e. The van der Waals surface area contributed by atoms with Crippen molar-refractivity contribution in [2.45, 2.75) is 51.6 Å². The highest BCUT2D eigenvalue weighted by molar-refractivity contribution is 5.18. The lowest BCUT2D eigenvalue weighted by atomic mass is 9.87. The van der Waals surface area contributed by atoms with Gasteiger partial charge in [0.25, 0.3) is 0 Å². The molecular weight excluding hydrogens is 232 g/mol. The molecule has 3 atom stereocenters. The van der Waals surface area contributed by atoms with Gasteiger partial charge in [0.1, 0.15) is 0 Å². The minimum Gasteiger partial charge on any atom is -0.315 e. The van der Waals surface area contributed by atoms with Crippen molar-refractivity contribution >= 4 is 0 Å². The van der Waals surface area contributed by atoms with Gasteiger partial charge in [0.05, 0.1) is 0 Å². The maximum Gasteiger partial charge on any atom is 0.0294 e. The van der Waals surface area contributed by atoms with E-state index in [0.717, 1.165) is 12.5 Å². The Bertz CT molecular complexity index is 350. The van der Waals surface area contributed by atoms with Gasteiger partial charge in [0, 0.05) is 18.6 Å². The van der Waals surface area contributed by atoms with E-state index in [0.29, 0.717) is 12.1 Å². The zero-order valence-electron chi connectivity index (χ0n) is 12.4. The van der Waals surface area contributed by atoms with Crippen molar-refractivity contribution in [2.24, 2.45) is 5.92 Å². The first-order valence-electron chi connectivity index (χ1n) is 7.83. The molecule has 2 nitrogen and oxygen atoms in total. The lowest BCUT2D eigenvalue weighted by molar-refractivity contribution is 0.245. The average molecular weight is 260 g/mol. The van der Waals surface area contributed by atoms with E-state index in [2.05, 4.69) is 54.8 Å². The Morgan fingerprint density at radius 2 is 2.11 bits per heavy atom. The van der Waals surface area contributed by atoms with Gasteiger partial charge >= 0.3 is 0 Å². The number of unbranched alkanes of at least 4 members (excludes halogenated alkanes) is 1. The van der Waals surface area contributed by atoms with Crippen molar-refractivity contribution in [3.63, 3.8) is 0 Å². The number of nitrogens with one attached hydrogen (secondary N) is 2. The van der Waals surface area contributed by atoms with Crippen LogP contribution in [0, 0.1) is 5.92 Å². The summed E-state index contributed by atoms with van der Waals surface area (Å²) < 4.78 is 0. The number of benzene rings is 1. The van der Waals surface area contributed by atoms with Crippen molar-refractivity contribution < 1.29 is 0 Å². The van der Waals surface area contributed by atoms with Crippen molar-refractivity contribution in [3.8, 4) is 0 Å². The molecule has 0 radical (unpaired) electrons. The Labute approximate surface area is 118 Å². The second kappa shape index (κ2) is 7.66. The van der Waals surface area contributed by atoms with Crippen LogP contribution < -0.4 is 10.6 Å². The molecule has 1 fully saturated rings. The smallest absolute Gasteiger partial charge is 0.0294 e. The van der Waals surface area contributed by atoms with Crippen LogP contribution in [-0.2, 0) is 0 Å². The highest BCUT2D eigenvalue weighted by Crippen LogP contribution is 2.22. The second-order valence-electron chi connectivity index (χ2n) is 5.80. The van der Waals surface area contributed by atoms with Crippen molar-refractivity contribution in [1.82, 2.24) is 10.6 Å². The van der Waals surface area contributed by atoms with E-state index in [9.17, 15) is 0 Å². The third-order valence-electron chi connectivity index (χ3n) is 4.32. The molecule has 0 spiro atoms. The molecule has 1 aliphatic rings. The molecule has 2 heteroatoms. The minimum atomic E-state index is 0.440. The molecule has 1 aromatic rings. The van der Waals surface area contributed by atoms with Gasteiger partial charge in [-0.15, -0.1) is 0 Å². The zero-order chi connectivity index (χ0) is 13.5. The lowest BCUT2D eigenvalue weighted by Crippen LogP contribution is -2.49. The summed E-state index contributed by atoms with van der Waals surface area (Å²) in [4.78, 5) is 0. The van der Waals surface area contributed by atoms with Crippen LogP contribution in [0.25, 0.3) is 0 Å². The summed E-state index contributed by atoms with van der Waals surface area (Å²) >= 11 is 0. The molecule has 1 saturated heterocycles. The predicted octanol–water partition coefficient (Wildman–Crippen LogP) is 3.51. The van der Waals surface area contributed by atoms with Gasteiger partial charge in [0.2, 0.25) is 0 Å². The third kappa shape index (κ3) is 4.32. The van der Waals surface area contributed by atoms with Crippen LogP contribution in [0.3, 0.4) is 0 Å². The van der Waals surface area contributed by atoms with Crippen molar-refractivity contribution in [1.29, 1.82) is 0 Å². The topological polar surface area (TPSA) is 24.1 Å². The van der Waals surface area contributed by atoms with E-state index in [-0.39, 0.29) is 0 Å². The fraction of sp³-hybridized carbons (Fsp3) is 0.647. The summed E-state index contributed by atoms with van der Waals surface area (Å²) in [6.07, 6.45) is 5.37. The van der Waals surface area contributed by atoms with Crippen molar-refractivity contribution in [2.75, 3.05) is 13.1 Å². The quantitative estimate of drug-likeness (QED) is 0.818. The van der Waals surface area contributed by atoms with Crippen LogP contribution in [-0.4, -0.2) is 19.1 Å². The van der Waals surface area contributed by atoms with E-state index in [1.807, 2.05) is 0 Å². The number of piperidine rings is 1. The molecule has 1 heterocycles. The summed E-state index contributed by atoms with van der Waals surface area (Å²) in [5.41, 5.74) is 1.39. The van der Waals surface area contributed by atoms with E-state index in [4.69, 9.17) is 0 Å². The number of rotatable bonds is 6. The molecule has 0 aliphatic carbocycles. The molecule has 1 aromatic carbocycles. The maximum atomic E-state index is 3.83. The minimum absolute atomic E-state index is 0.440. The van der Waals surface area contributed by atoms with Gasteiger partial charge in [-0.05, 0) is 37.8 Å². The Hall–Kier alpha value is -0.860. The van der Waals surface area contributed by atoms with E-state index >= 15 is 0 Å². The fourth-order valence-corrected chi connectivity index (χ4v) is 3.08. The predicted molar refractivity (Wildman–Crippen MR) is 82.3 cm³/mol. The van der Waals surface area contributed by atoms with E-state index in [1.54, 1.807) is 0 Å². The second-order valence-corrected chi connectivity index (χ2v) is 5.80. The summed E-state index contributed by atoms with van der Waals surface area (Å²) in [6.45, 7) is 6.87. The first-order chi connectivity index (χ1) is 9.31. The monoisotopic (exact) mass is 260 g/mol. The van der Waals surface area contributed by atoms with E-state index in [1.165, 1.54) is 37.8 Å². The Kier molecular flexibility index (Phi) is 5.87. The summed E-state index contributed by atoms with van der Waals surface area (Å²) in [5, 5.41) is 7.37. The first kappa shape index (κ1) is 14.5. The third-order valence-corrected chi connectivity index (χ3v) is 4.32. The van der Waals surface area contributed by atoms with Gasteiger partial charge in [-0.1, -0.05) is 50.1 Å². The molecule has 0 aromatic heterocycles. The molecule has 0 bridgehead atoms. The first-order valence-corrected chi connectivity index (χ1v) is 7.83. The van der Waals surface area contributed by atoms with Gasteiger partial charge in [0.15, 0.2) is 0 Å². The van der Waals surface area contributed by atoms with Crippen LogP contribution in [0.1, 0.15) is 51.1 Å². The standard InChI is InChI=1S/C17H28N2/c1-3-4-8-16-11-12-18-13-17(16)19-14(2)15-9-6-5-7-10-15/h5-7,9-10,14,16-19H,3-4,8,11-13H2,1-2H3/t14-,16?,17-/m0/s1. The van der Waals surface area contributed by atoms with Crippen molar-refractivity contribution in [3.05, 3.63) is 35.9 Å². The summed E-state index contributed by atoms with van der Waals surface area (Å²) in [6, 6.07) is 11.8. The van der Waals surface area contributed by atoms with Crippen LogP contribution in [0.4, 0.5) is 0 Å². The zero-order valence-corrected chi connectivity index (χ0v) is 12.4. The molecule has 1 unspecified atom stereocenters. The Morgan fingerprint density at radius 1 is 1.32 bits per heavy atom. The molecule has 1 aliphatic heterocycles. The molecular formula is C17H28N2. The summed E-state index contributed by atoms with van der Waals surface area (Å²) in [7, 11) is 0. The number of hydrogen-bond donors (Lipinski definition) is 2. The highest BCUT2D eigenvalue weighted by Gasteiger charge is 2.25. The lowest BCUT2D eigenvalue weighted by Gasteiger charge is -2.35. The Morgan fingerprint density at radius 3 is 2.84 bits per heavy atom. The van der Waals surface area contributed by atoms with Crippen LogP contribution in [0.2, 0.25) is 0 Å². The van der Waals surface area contributed by atoms with E-state index < -0.39 is 0 Å². The van der Waals surface area contributed by atoms with Crippen LogP contribution in [0.15, 0.2) is 30.3 Å². The van der Waals surface area contributed by atoms with Gasteiger partial charge in [-0.3, -0.25) is 0 Å². The molecule has 0 amide bonds. The van der Waals surface area contributed by atoms with Crippen LogP contribution in [0.5, 0.6) is 0 Å². The number of hydrogen-bond acceptors (Lipinski definition) is 2. The maximum absolute atomic E-state index is 3.83. The molecule has 0 saturated carbocycles. The van der Waals surface area contributed by atoms with Gasteiger partial charge < -0.3 is 10.6 Å². The normalized spacial score (nSPS) is 25.2. The van der Waals surface area contributed by atoms with Gasteiger partial charge in [-0.2, -0.15) is 0 Å². The van der Waals surface area contributed by atoms with Gasteiger partial charge in [-0.25, -0.2) is 0 Å². The SMILES string of the molecule is CCCCC1CCNC[C@@H]1N[C@@H](C)c1ccccc1. The average Bonchev–Trinajstić information content (AvgIpc) is 2.47. The highest BCUT2D eigenvalue weighted by atomic mass is 15.0.